The van der Waals surface area contributed by atoms with Gasteiger partial charge < -0.3 is 4.98 Å². The van der Waals surface area contributed by atoms with E-state index in [0.717, 1.165) is 4.47 Å². The summed E-state index contributed by atoms with van der Waals surface area (Å²) in [7, 11) is -3.64. The summed E-state index contributed by atoms with van der Waals surface area (Å²) >= 11 is 6.47. The van der Waals surface area contributed by atoms with Crippen molar-refractivity contribution in [1.29, 1.82) is 0 Å². The fourth-order valence-corrected chi connectivity index (χ4v) is 3.92. The van der Waals surface area contributed by atoms with Gasteiger partial charge in [0.25, 0.3) is 10.0 Å². The molecular formula is C9H7Br2N3O2S. The zero-order valence-electron chi connectivity index (χ0n) is 8.31. The molecule has 1 aromatic carbocycles. The Morgan fingerprint density at radius 3 is 2.65 bits per heavy atom. The second-order valence-electron chi connectivity index (χ2n) is 3.12. The minimum absolute atomic E-state index is 0.150. The third kappa shape index (κ3) is 2.88. The van der Waals surface area contributed by atoms with E-state index in [1.807, 2.05) is 0 Å². The van der Waals surface area contributed by atoms with Gasteiger partial charge in [-0.25, -0.2) is 18.1 Å². The van der Waals surface area contributed by atoms with E-state index in [-0.39, 0.29) is 10.8 Å². The fraction of sp³-hybridized carbons (Fsp3) is 0. The number of rotatable bonds is 3. The van der Waals surface area contributed by atoms with Crippen molar-refractivity contribution in [2.75, 3.05) is 4.72 Å². The Balaban J connectivity index is 2.38. The highest BCUT2D eigenvalue weighted by Crippen LogP contribution is 2.26. The summed E-state index contributed by atoms with van der Waals surface area (Å²) in [4.78, 5) is 6.62. The lowest BCUT2D eigenvalue weighted by Crippen LogP contribution is -2.14. The van der Waals surface area contributed by atoms with Gasteiger partial charge in [-0.05, 0) is 34.1 Å². The predicted octanol–water partition coefficient (Wildman–Crippen LogP) is 2.74. The van der Waals surface area contributed by atoms with E-state index in [1.54, 1.807) is 12.1 Å². The van der Waals surface area contributed by atoms with Crippen molar-refractivity contribution in [1.82, 2.24) is 9.97 Å². The van der Waals surface area contributed by atoms with Crippen LogP contribution in [0.25, 0.3) is 0 Å². The molecule has 0 radical (unpaired) electrons. The van der Waals surface area contributed by atoms with Crippen LogP contribution in [0.15, 0.2) is 44.4 Å². The topological polar surface area (TPSA) is 74.8 Å². The second kappa shape index (κ2) is 4.79. The number of hydrogen-bond donors (Lipinski definition) is 2. The van der Waals surface area contributed by atoms with E-state index in [9.17, 15) is 8.42 Å². The molecule has 5 nitrogen and oxygen atoms in total. The zero-order chi connectivity index (χ0) is 12.5. The number of H-pyrrole nitrogens is 1. The van der Waals surface area contributed by atoms with Crippen LogP contribution in [0, 0.1) is 0 Å². The van der Waals surface area contributed by atoms with Gasteiger partial charge in [0.05, 0.1) is 0 Å². The van der Waals surface area contributed by atoms with Gasteiger partial charge in [0, 0.05) is 21.3 Å². The number of aromatic amines is 1. The number of benzene rings is 1. The number of nitrogens with one attached hydrogen (secondary N) is 2. The predicted molar refractivity (Wildman–Crippen MR) is 71.2 cm³/mol. The van der Waals surface area contributed by atoms with Gasteiger partial charge in [-0.15, -0.1) is 0 Å². The first-order chi connectivity index (χ1) is 7.99. The van der Waals surface area contributed by atoms with Gasteiger partial charge in [0.1, 0.15) is 4.90 Å². The molecule has 0 saturated heterocycles. The summed E-state index contributed by atoms with van der Waals surface area (Å²) in [5.41, 5.74) is 0. The van der Waals surface area contributed by atoms with E-state index < -0.39 is 10.0 Å². The highest BCUT2D eigenvalue weighted by Gasteiger charge is 2.18. The van der Waals surface area contributed by atoms with Crippen molar-refractivity contribution in [3.05, 3.63) is 39.5 Å². The van der Waals surface area contributed by atoms with Crippen LogP contribution in [-0.2, 0) is 10.0 Å². The van der Waals surface area contributed by atoms with Gasteiger partial charge in [-0.1, -0.05) is 15.9 Å². The fourth-order valence-electron chi connectivity index (χ4n) is 1.20. The van der Waals surface area contributed by atoms with Crippen molar-refractivity contribution in [2.45, 2.75) is 4.90 Å². The summed E-state index contributed by atoms with van der Waals surface area (Å²) < 4.78 is 27.6. The maximum absolute atomic E-state index is 12.0. The normalized spacial score (nSPS) is 11.4. The molecule has 2 N–H and O–H groups in total. The monoisotopic (exact) mass is 379 g/mol. The molecule has 0 aliphatic rings. The van der Waals surface area contributed by atoms with Crippen molar-refractivity contribution in [3.63, 3.8) is 0 Å². The number of aromatic nitrogens is 2. The zero-order valence-corrected chi connectivity index (χ0v) is 12.3. The maximum atomic E-state index is 12.0. The first-order valence-corrected chi connectivity index (χ1v) is 7.53. The summed E-state index contributed by atoms with van der Waals surface area (Å²) in [6, 6.07) is 4.82. The largest absolute Gasteiger partial charge is 0.330 e. The number of imidazole rings is 1. The smallest absolute Gasteiger partial charge is 0.265 e. The molecule has 0 fully saturated rings. The first kappa shape index (κ1) is 12.6. The molecule has 0 amide bonds. The number of halogens is 2. The Hall–Kier alpha value is -0.860. The van der Waals surface area contributed by atoms with E-state index in [0.29, 0.717) is 4.47 Å². The Labute approximate surface area is 115 Å². The van der Waals surface area contributed by atoms with Gasteiger partial charge in [0.15, 0.2) is 0 Å². The van der Waals surface area contributed by atoms with E-state index in [2.05, 4.69) is 46.5 Å². The molecule has 90 valence electrons. The van der Waals surface area contributed by atoms with Crippen LogP contribution in [0.2, 0.25) is 0 Å². The Morgan fingerprint density at radius 2 is 2.06 bits per heavy atom. The summed E-state index contributed by atoms with van der Waals surface area (Å²) in [6.45, 7) is 0. The highest BCUT2D eigenvalue weighted by molar-refractivity contribution is 9.11. The molecule has 2 aromatic rings. The highest BCUT2D eigenvalue weighted by atomic mass is 79.9. The molecule has 8 heteroatoms. The SMILES string of the molecule is O=S(=O)(Nc1ncc[nH]1)c1ccc(Br)cc1Br. The van der Waals surface area contributed by atoms with Crippen molar-refractivity contribution in [3.8, 4) is 0 Å². The van der Waals surface area contributed by atoms with Crippen molar-refractivity contribution in [2.24, 2.45) is 0 Å². The molecule has 0 unspecified atom stereocenters. The molecule has 17 heavy (non-hydrogen) atoms. The van der Waals surface area contributed by atoms with Crippen molar-refractivity contribution >= 4 is 47.8 Å². The second-order valence-corrected chi connectivity index (χ2v) is 6.54. The molecule has 0 spiro atoms. The summed E-state index contributed by atoms with van der Waals surface area (Å²) in [5.74, 6) is 0.180. The Morgan fingerprint density at radius 1 is 1.29 bits per heavy atom. The molecular weight excluding hydrogens is 374 g/mol. The van der Waals surface area contributed by atoms with E-state index in [1.165, 1.54) is 18.5 Å². The lowest BCUT2D eigenvalue weighted by molar-refractivity contribution is 0.600. The average molecular weight is 381 g/mol. The van der Waals surface area contributed by atoms with Crippen LogP contribution in [0.1, 0.15) is 0 Å². The van der Waals surface area contributed by atoms with Gasteiger partial charge in [-0.2, -0.15) is 0 Å². The van der Waals surface area contributed by atoms with E-state index >= 15 is 0 Å². The quantitative estimate of drug-likeness (QED) is 0.859. The van der Waals surface area contributed by atoms with Gasteiger partial charge in [0.2, 0.25) is 5.95 Å². The number of anilines is 1. The minimum Gasteiger partial charge on any atom is -0.330 e. The summed E-state index contributed by atoms with van der Waals surface area (Å²) in [6.07, 6.45) is 3.00. The molecule has 1 aromatic heterocycles. The molecule has 0 saturated carbocycles. The summed E-state index contributed by atoms with van der Waals surface area (Å²) in [5, 5.41) is 0. The van der Waals surface area contributed by atoms with Crippen LogP contribution in [0.3, 0.4) is 0 Å². The molecule has 0 atom stereocenters. The molecule has 0 bridgehead atoms. The van der Waals surface area contributed by atoms with Gasteiger partial charge >= 0.3 is 0 Å². The number of nitrogens with zero attached hydrogens (tertiary/aromatic N) is 1. The van der Waals surface area contributed by atoms with Crippen LogP contribution in [-0.4, -0.2) is 18.4 Å². The Kier molecular flexibility index (Phi) is 3.55. The molecule has 1 heterocycles. The van der Waals surface area contributed by atoms with Crippen LogP contribution in [0.4, 0.5) is 5.95 Å². The standard InChI is InChI=1S/C9H7Br2N3O2S/c10-6-1-2-8(7(11)5-6)17(15,16)14-9-12-3-4-13-9/h1-5H,(H2,12,13,14). The molecule has 0 aliphatic carbocycles. The lowest BCUT2D eigenvalue weighted by atomic mass is 10.4. The number of sulfonamides is 1. The third-order valence-corrected chi connectivity index (χ3v) is 4.72. The third-order valence-electron chi connectivity index (χ3n) is 1.91. The Bertz CT molecular complexity index is 626. The van der Waals surface area contributed by atoms with E-state index in [4.69, 9.17) is 0 Å². The maximum Gasteiger partial charge on any atom is 0.265 e. The molecule has 2 rings (SSSR count). The number of hydrogen-bond acceptors (Lipinski definition) is 3. The van der Waals surface area contributed by atoms with Crippen molar-refractivity contribution < 1.29 is 8.42 Å². The van der Waals surface area contributed by atoms with Crippen LogP contribution < -0.4 is 4.72 Å². The van der Waals surface area contributed by atoms with Crippen LogP contribution in [0.5, 0.6) is 0 Å². The van der Waals surface area contributed by atoms with Gasteiger partial charge in [-0.3, -0.25) is 0 Å². The minimum atomic E-state index is -3.64. The average Bonchev–Trinajstić information content (AvgIpc) is 2.68. The lowest BCUT2D eigenvalue weighted by Gasteiger charge is -2.07. The molecule has 0 aliphatic heterocycles. The first-order valence-electron chi connectivity index (χ1n) is 4.46. The van der Waals surface area contributed by atoms with Crippen LogP contribution >= 0.6 is 31.9 Å².